The maximum absolute atomic E-state index is 13.0. The standard InChI is InChI=1S/C33H32F3NO5/c1-3-41-29(39)18-32(15-16-32)26-13-11-24(12-14-26)23-7-9-25(10-8-23)31-30(21(2)37-42-31)28(38)20-40-19-22-5-4-6-27(17-22)33(34,35)36/h4-14,17,28,38H,3,15-16,18-20H2,1-2H3. The van der Waals surface area contributed by atoms with Gasteiger partial charge in [-0.3, -0.25) is 4.79 Å². The Hall–Kier alpha value is -3.95. The molecule has 220 valence electrons. The summed E-state index contributed by atoms with van der Waals surface area (Å²) >= 11 is 0. The fraction of sp³-hybridized carbons (Fsp3) is 0.333. The zero-order chi connectivity index (χ0) is 29.9. The monoisotopic (exact) mass is 579 g/mol. The summed E-state index contributed by atoms with van der Waals surface area (Å²) in [5, 5.41) is 14.9. The summed E-state index contributed by atoms with van der Waals surface area (Å²) in [6.45, 7) is 3.68. The molecule has 0 amide bonds. The van der Waals surface area contributed by atoms with Gasteiger partial charge in [-0.05, 0) is 61.1 Å². The Morgan fingerprint density at radius 2 is 1.67 bits per heavy atom. The molecule has 9 heteroatoms. The first-order chi connectivity index (χ1) is 20.1. The Kier molecular flexibility index (Phi) is 8.52. The van der Waals surface area contributed by atoms with Crippen molar-refractivity contribution < 1.29 is 37.1 Å². The van der Waals surface area contributed by atoms with Crippen LogP contribution in [0.25, 0.3) is 22.5 Å². The first-order valence-corrected chi connectivity index (χ1v) is 13.8. The lowest BCUT2D eigenvalue weighted by Gasteiger charge is -2.15. The third kappa shape index (κ3) is 6.58. The van der Waals surface area contributed by atoms with Gasteiger partial charge in [0.2, 0.25) is 0 Å². The van der Waals surface area contributed by atoms with Gasteiger partial charge in [0, 0.05) is 11.0 Å². The molecular formula is C33H32F3NO5. The van der Waals surface area contributed by atoms with Gasteiger partial charge in [0.15, 0.2) is 5.76 Å². The number of halogens is 3. The number of esters is 1. The van der Waals surface area contributed by atoms with E-state index in [0.717, 1.165) is 41.7 Å². The summed E-state index contributed by atoms with van der Waals surface area (Å²) in [5.74, 6) is 0.239. The summed E-state index contributed by atoms with van der Waals surface area (Å²) in [7, 11) is 0. The second-order valence-electron chi connectivity index (χ2n) is 10.7. The van der Waals surface area contributed by atoms with Crippen LogP contribution in [0, 0.1) is 6.92 Å². The van der Waals surface area contributed by atoms with E-state index in [1.54, 1.807) is 13.0 Å². The number of aryl methyl sites for hydroxylation is 1. The minimum atomic E-state index is -4.44. The van der Waals surface area contributed by atoms with Gasteiger partial charge in [0.25, 0.3) is 0 Å². The SMILES string of the molecule is CCOC(=O)CC1(c2ccc(-c3ccc(-c4onc(C)c4C(O)COCc4cccc(C(F)(F)F)c4)cc3)cc2)CC1. The fourth-order valence-electron chi connectivity index (χ4n) is 5.22. The molecule has 0 bridgehead atoms. The molecule has 5 rings (SSSR count). The number of aliphatic hydroxyl groups is 1. The number of ether oxygens (including phenoxy) is 2. The highest BCUT2D eigenvalue weighted by Crippen LogP contribution is 2.51. The van der Waals surface area contributed by atoms with E-state index in [4.69, 9.17) is 14.0 Å². The molecule has 4 aromatic rings. The highest BCUT2D eigenvalue weighted by Gasteiger charge is 2.46. The number of nitrogens with zero attached hydrogens (tertiary/aromatic N) is 1. The normalized spacial score (nSPS) is 14.9. The summed E-state index contributed by atoms with van der Waals surface area (Å²) < 4.78 is 55.2. The van der Waals surface area contributed by atoms with E-state index in [1.807, 2.05) is 43.3 Å². The molecule has 1 fully saturated rings. The quantitative estimate of drug-likeness (QED) is 0.185. The molecule has 1 atom stereocenters. The van der Waals surface area contributed by atoms with E-state index in [9.17, 15) is 23.1 Å². The smallest absolute Gasteiger partial charge is 0.416 e. The summed E-state index contributed by atoms with van der Waals surface area (Å²) in [6.07, 6.45) is -3.18. The first kappa shape index (κ1) is 29.5. The van der Waals surface area contributed by atoms with Gasteiger partial charge >= 0.3 is 12.1 Å². The van der Waals surface area contributed by atoms with Crippen LogP contribution in [-0.2, 0) is 32.5 Å². The number of hydrogen-bond donors (Lipinski definition) is 1. The van der Waals surface area contributed by atoms with Crippen LogP contribution in [0.2, 0.25) is 0 Å². The van der Waals surface area contributed by atoms with E-state index in [2.05, 4.69) is 17.3 Å². The molecule has 0 radical (unpaired) electrons. The van der Waals surface area contributed by atoms with Crippen molar-refractivity contribution in [2.75, 3.05) is 13.2 Å². The molecule has 42 heavy (non-hydrogen) atoms. The van der Waals surface area contributed by atoms with Crippen LogP contribution >= 0.6 is 0 Å². The Labute approximate surface area is 242 Å². The number of rotatable bonds is 11. The fourth-order valence-corrected chi connectivity index (χ4v) is 5.22. The summed E-state index contributed by atoms with van der Waals surface area (Å²) in [6, 6.07) is 20.8. The van der Waals surface area contributed by atoms with Crippen molar-refractivity contribution >= 4 is 5.97 Å². The minimum absolute atomic E-state index is 0.0852. The van der Waals surface area contributed by atoms with Crippen LogP contribution in [0.15, 0.2) is 77.3 Å². The minimum Gasteiger partial charge on any atom is -0.466 e. The number of carbonyl (C=O) groups is 1. The predicted molar refractivity (Wildman–Crippen MR) is 150 cm³/mol. The maximum Gasteiger partial charge on any atom is 0.416 e. The van der Waals surface area contributed by atoms with Crippen LogP contribution in [0.4, 0.5) is 13.2 Å². The van der Waals surface area contributed by atoms with Gasteiger partial charge in [0.1, 0.15) is 6.10 Å². The Morgan fingerprint density at radius 3 is 2.29 bits per heavy atom. The van der Waals surface area contributed by atoms with E-state index < -0.39 is 17.8 Å². The Bertz CT molecular complexity index is 1520. The van der Waals surface area contributed by atoms with Gasteiger partial charge in [-0.15, -0.1) is 0 Å². The number of aliphatic hydroxyl groups excluding tert-OH is 1. The van der Waals surface area contributed by atoms with Gasteiger partial charge < -0.3 is 19.1 Å². The zero-order valence-electron chi connectivity index (χ0n) is 23.4. The lowest BCUT2D eigenvalue weighted by Crippen LogP contribution is -2.15. The lowest BCUT2D eigenvalue weighted by atomic mass is 9.90. The zero-order valence-corrected chi connectivity index (χ0v) is 23.4. The molecule has 0 aliphatic heterocycles. The predicted octanol–water partition coefficient (Wildman–Crippen LogP) is 7.57. The molecule has 1 saturated carbocycles. The molecule has 1 aliphatic carbocycles. The average Bonchev–Trinajstić information content (AvgIpc) is 3.65. The molecule has 0 spiro atoms. The van der Waals surface area contributed by atoms with Crippen molar-refractivity contribution in [2.45, 2.75) is 57.4 Å². The van der Waals surface area contributed by atoms with E-state index >= 15 is 0 Å². The van der Waals surface area contributed by atoms with Crippen molar-refractivity contribution in [3.05, 3.63) is 101 Å². The lowest BCUT2D eigenvalue weighted by molar-refractivity contribution is -0.143. The molecule has 1 N–H and O–H groups in total. The topological polar surface area (TPSA) is 81.8 Å². The van der Waals surface area contributed by atoms with Gasteiger partial charge in [-0.25, -0.2) is 0 Å². The van der Waals surface area contributed by atoms with Crippen LogP contribution < -0.4 is 0 Å². The Balaban J connectivity index is 1.24. The highest BCUT2D eigenvalue weighted by molar-refractivity contribution is 5.73. The van der Waals surface area contributed by atoms with Crippen LogP contribution in [0.1, 0.15) is 60.2 Å². The summed E-state index contributed by atoms with van der Waals surface area (Å²) in [5.41, 5.74) is 4.32. The van der Waals surface area contributed by atoms with Crippen molar-refractivity contribution in [3.63, 3.8) is 0 Å². The Morgan fingerprint density at radius 1 is 1.02 bits per heavy atom. The highest BCUT2D eigenvalue weighted by atomic mass is 19.4. The van der Waals surface area contributed by atoms with Crippen LogP contribution in [0.3, 0.4) is 0 Å². The largest absolute Gasteiger partial charge is 0.466 e. The van der Waals surface area contributed by atoms with E-state index in [1.165, 1.54) is 6.07 Å². The molecule has 1 aromatic heterocycles. The van der Waals surface area contributed by atoms with E-state index in [0.29, 0.717) is 41.2 Å². The number of carbonyl (C=O) groups excluding carboxylic acids is 1. The summed E-state index contributed by atoms with van der Waals surface area (Å²) in [4.78, 5) is 12.0. The van der Waals surface area contributed by atoms with Crippen molar-refractivity contribution in [3.8, 4) is 22.5 Å². The third-order valence-corrected chi connectivity index (χ3v) is 7.66. The molecule has 1 unspecified atom stereocenters. The molecule has 1 heterocycles. The van der Waals surface area contributed by atoms with Crippen LogP contribution in [-0.4, -0.2) is 29.4 Å². The van der Waals surface area contributed by atoms with Crippen molar-refractivity contribution in [1.82, 2.24) is 5.16 Å². The number of aromatic nitrogens is 1. The van der Waals surface area contributed by atoms with E-state index in [-0.39, 0.29) is 24.6 Å². The molecule has 1 aliphatic rings. The maximum atomic E-state index is 13.0. The average molecular weight is 580 g/mol. The van der Waals surface area contributed by atoms with Gasteiger partial charge in [-0.1, -0.05) is 65.8 Å². The third-order valence-electron chi connectivity index (χ3n) is 7.66. The first-order valence-electron chi connectivity index (χ1n) is 13.8. The van der Waals surface area contributed by atoms with Gasteiger partial charge in [-0.2, -0.15) is 13.2 Å². The molecule has 6 nitrogen and oxygen atoms in total. The number of alkyl halides is 3. The number of hydrogen-bond acceptors (Lipinski definition) is 6. The molecular weight excluding hydrogens is 547 g/mol. The number of benzene rings is 3. The molecule has 3 aromatic carbocycles. The van der Waals surface area contributed by atoms with Gasteiger partial charge in [0.05, 0.1) is 43.1 Å². The van der Waals surface area contributed by atoms with Crippen molar-refractivity contribution in [2.24, 2.45) is 0 Å². The second-order valence-corrected chi connectivity index (χ2v) is 10.7. The second kappa shape index (κ2) is 12.1. The molecule has 0 saturated heterocycles. The van der Waals surface area contributed by atoms with Crippen molar-refractivity contribution in [1.29, 1.82) is 0 Å². The van der Waals surface area contributed by atoms with Crippen LogP contribution in [0.5, 0.6) is 0 Å².